The van der Waals surface area contributed by atoms with Gasteiger partial charge in [0.05, 0.1) is 20.3 Å². The third kappa shape index (κ3) is 5.92. The Labute approximate surface area is 199 Å². The molecule has 4 rings (SSSR count). The van der Waals surface area contributed by atoms with Crippen LogP contribution in [0.3, 0.4) is 0 Å². The molecular formula is C25H30N4O5. The highest BCUT2D eigenvalue weighted by Gasteiger charge is 2.30. The number of hydrogen-bond acceptors (Lipinski definition) is 6. The van der Waals surface area contributed by atoms with Gasteiger partial charge in [-0.05, 0) is 42.0 Å². The number of methoxy groups -OCH3 is 1. The Morgan fingerprint density at radius 2 is 1.41 bits per heavy atom. The number of nitrogens with zero attached hydrogens (tertiary/aromatic N) is 3. The van der Waals surface area contributed by atoms with E-state index in [4.69, 9.17) is 9.47 Å². The predicted octanol–water partition coefficient (Wildman–Crippen LogP) is 1.45. The number of benzene rings is 2. The van der Waals surface area contributed by atoms with Crippen molar-refractivity contribution in [3.05, 3.63) is 59.7 Å². The van der Waals surface area contributed by atoms with Crippen LogP contribution in [0, 0.1) is 0 Å². The van der Waals surface area contributed by atoms with E-state index in [0.29, 0.717) is 63.7 Å². The van der Waals surface area contributed by atoms with E-state index in [-0.39, 0.29) is 5.91 Å². The number of morpholine rings is 1. The van der Waals surface area contributed by atoms with Crippen LogP contribution in [0.15, 0.2) is 48.5 Å². The van der Waals surface area contributed by atoms with Gasteiger partial charge >= 0.3 is 11.8 Å². The van der Waals surface area contributed by atoms with Crippen molar-refractivity contribution in [1.29, 1.82) is 0 Å². The second kappa shape index (κ2) is 11.1. The number of carbonyl (C=O) groups excluding carboxylic acids is 3. The van der Waals surface area contributed by atoms with Gasteiger partial charge < -0.3 is 24.6 Å². The quantitative estimate of drug-likeness (QED) is 0.671. The maximum Gasteiger partial charge on any atom is 0.312 e. The molecule has 2 aromatic carbocycles. The van der Waals surface area contributed by atoms with E-state index in [1.807, 2.05) is 24.3 Å². The molecule has 2 fully saturated rings. The maximum atomic E-state index is 12.6. The molecule has 9 nitrogen and oxygen atoms in total. The monoisotopic (exact) mass is 466 g/mol. The number of piperazine rings is 1. The molecule has 0 aliphatic carbocycles. The van der Waals surface area contributed by atoms with Crippen molar-refractivity contribution in [2.45, 2.75) is 6.54 Å². The average molecular weight is 467 g/mol. The minimum atomic E-state index is -0.430. The lowest BCUT2D eigenvalue weighted by Gasteiger charge is -2.35. The summed E-state index contributed by atoms with van der Waals surface area (Å²) in [6.07, 6.45) is 0. The summed E-state index contributed by atoms with van der Waals surface area (Å²) in [6.45, 7) is 5.07. The van der Waals surface area contributed by atoms with Crippen molar-refractivity contribution in [2.75, 3.05) is 64.9 Å². The fraction of sp³-hybridized carbons (Fsp3) is 0.400. The Morgan fingerprint density at radius 3 is 2.00 bits per heavy atom. The zero-order valence-corrected chi connectivity index (χ0v) is 19.4. The number of amides is 3. The molecule has 9 heteroatoms. The van der Waals surface area contributed by atoms with Gasteiger partial charge in [-0.1, -0.05) is 12.1 Å². The first-order valence-electron chi connectivity index (χ1n) is 11.5. The molecule has 0 atom stereocenters. The van der Waals surface area contributed by atoms with Gasteiger partial charge in [0.25, 0.3) is 5.91 Å². The molecule has 2 heterocycles. The van der Waals surface area contributed by atoms with Gasteiger partial charge in [0.15, 0.2) is 0 Å². The number of rotatable bonds is 5. The molecule has 0 radical (unpaired) electrons. The van der Waals surface area contributed by atoms with Crippen LogP contribution in [-0.4, -0.2) is 92.0 Å². The molecule has 180 valence electrons. The third-order valence-corrected chi connectivity index (χ3v) is 6.11. The molecule has 0 saturated carbocycles. The summed E-state index contributed by atoms with van der Waals surface area (Å²) in [4.78, 5) is 43.0. The molecule has 2 aliphatic rings. The van der Waals surface area contributed by atoms with Gasteiger partial charge in [-0.15, -0.1) is 0 Å². The molecule has 0 bridgehead atoms. The molecule has 1 N–H and O–H groups in total. The summed E-state index contributed by atoms with van der Waals surface area (Å²) in [5, 5.41) is 2.88. The number of ether oxygens (including phenoxy) is 2. The summed E-state index contributed by atoms with van der Waals surface area (Å²) >= 11 is 0. The summed E-state index contributed by atoms with van der Waals surface area (Å²) in [5.74, 6) is -0.293. The number of hydrogen-bond donors (Lipinski definition) is 1. The highest BCUT2D eigenvalue weighted by molar-refractivity contribution is 6.34. The molecular weight excluding hydrogens is 436 g/mol. The minimum absolute atomic E-state index is 0.172. The molecule has 2 aromatic rings. The summed E-state index contributed by atoms with van der Waals surface area (Å²) < 4.78 is 10.4. The lowest BCUT2D eigenvalue weighted by Crippen LogP contribution is -2.54. The second-order valence-electron chi connectivity index (χ2n) is 8.35. The van der Waals surface area contributed by atoms with Crippen LogP contribution in [0.25, 0.3) is 0 Å². The van der Waals surface area contributed by atoms with E-state index in [1.165, 1.54) is 0 Å². The Morgan fingerprint density at radius 1 is 0.824 bits per heavy atom. The largest absolute Gasteiger partial charge is 0.497 e. The Bertz CT molecular complexity index is 995. The van der Waals surface area contributed by atoms with Crippen LogP contribution in [0.5, 0.6) is 5.75 Å². The van der Waals surface area contributed by atoms with Crippen LogP contribution in [0.1, 0.15) is 15.9 Å². The minimum Gasteiger partial charge on any atom is -0.497 e. The average Bonchev–Trinajstić information content (AvgIpc) is 2.89. The lowest BCUT2D eigenvalue weighted by molar-refractivity contribution is -0.155. The van der Waals surface area contributed by atoms with E-state index in [1.54, 1.807) is 41.2 Å². The Hall–Kier alpha value is -3.43. The van der Waals surface area contributed by atoms with Crippen LogP contribution in [-0.2, 0) is 20.9 Å². The summed E-state index contributed by atoms with van der Waals surface area (Å²) in [5.41, 5.74) is 2.37. The van der Waals surface area contributed by atoms with Crippen molar-refractivity contribution >= 4 is 23.4 Å². The molecule has 0 aromatic heterocycles. The van der Waals surface area contributed by atoms with Crippen LogP contribution in [0.4, 0.5) is 5.69 Å². The first-order valence-corrected chi connectivity index (χ1v) is 11.5. The first kappa shape index (κ1) is 23.7. The van der Waals surface area contributed by atoms with Crippen molar-refractivity contribution in [3.8, 4) is 5.75 Å². The molecule has 0 unspecified atom stereocenters. The van der Waals surface area contributed by atoms with Gasteiger partial charge in [0.1, 0.15) is 5.75 Å². The maximum absolute atomic E-state index is 12.6. The fourth-order valence-electron chi connectivity index (χ4n) is 4.04. The van der Waals surface area contributed by atoms with Crippen molar-refractivity contribution < 1.29 is 23.9 Å². The normalized spacial score (nSPS) is 16.7. The zero-order valence-electron chi connectivity index (χ0n) is 19.4. The number of anilines is 1. The van der Waals surface area contributed by atoms with Crippen molar-refractivity contribution in [2.24, 2.45) is 0 Å². The molecule has 34 heavy (non-hydrogen) atoms. The first-order chi connectivity index (χ1) is 16.5. The van der Waals surface area contributed by atoms with Crippen molar-refractivity contribution in [1.82, 2.24) is 14.7 Å². The van der Waals surface area contributed by atoms with Gasteiger partial charge in [-0.25, -0.2) is 0 Å². The van der Waals surface area contributed by atoms with E-state index in [2.05, 4.69) is 10.2 Å². The van der Waals surface area contributed by atoms with Crippen LogP contribution >= 0.6 is 0 Å². The molecule has 3 amide bonds. The summed E-state index contributed by atoms with van der Waals surface area (Å²) in [7, 11) is 1.60. The van der Waals surface area contributed by atoms with Crippen molar-refractivity contribution in [3.63, 3.8) is 0 Å². The second-order valence-corrected chi connectivity index (χ2v) is 8.35. The lowest BCUT2D eigenvalue weighted by atomic mass is 10.1. The van der Waals surface area contributed by atoms with E-state index in [0.717, 1.165) is 17.9 Å². The van der Waals surface area contributed by atoms with E-state index >= 15 is 0 Å². The number of nitrogens with one attached hydrogen (secondary N) is 1. The van der Waals surface area contributed by atoms with Crippen LogP contribution in [0.2, 0.25) is 0 Å². The third-order valence-electron chi connectivity index (χ3n) is 6.11. The fourth-order valence-corrected chi connectivity index (χ4v) is 4.04. The smallest absolute Gasteiger partial charge is 0.312 e. The van der Waals surface area contributed by atoms with E-state index < -0.39 is 11.8 Å². The Balaban J connectivity index is 1.24. The predicted molar refractivity (Wildman–Crippen MR) is 127 cm³/mol. The highest BCUT2D eigenvalue weighted by atomic mass is 16.5. The van der Waals surface area contributed by atoms with Gasteiger partial charge in [-0.2, -0.15) is 0 Å². The van der Waals surface area contributed by atoms with Gasteiger partial charge in [0.2, 0.25) is 0 Å². The SMILES string of the molecule is COc1ccc(NC(=O)c2ccc(CN3CCN(C(=O)C(=O)N4CCOCC4)CC3)cc2)cc1. The standard InChI is InChI=1S/C25H30N4O5/c1-33-22-8-6-21(7-9-22)26-23(30)20-4-2-19(3-5-20)18-27-10-12-28(13-11-27)24(31)25(32)29-14-16-34-17-15-29/h2-9H,10-18H2,1H3,(H,26,30). The van der Waals surface area contributed by atoms with Gasteiger partial charge in [0, 0.05) is 57.1 Å². The molecule has 0 spiro atoms. The zero-order chi connectivity index (χ0) is 23.9. The number of carbonyl (C=O) groups is 3. The highest BCUT2D eigenvalue weighted by Crippen LogP contribution is 2.17. The molecule has 2 saturated heterocycles. The van der Waals surface area contributed by atoms with E-state index in [9.17, 15) is 14.4 Å². The topological polar surface area (TPSA) is 91.4 Å². The van der Waals surface area contributed by atoms with Crippen LogP contribution < -0.4 is 10.1 Å². The Kier molecular flexibility index (Phi) is 7.76. The summed E-state index contributed by atoms with van der Waals surface area (Å²) in [6, 6.07) is 14.7. The molecule has 2 aliphatic heterocycles. The van der Waals surface area contributed by atoms with Gasteiger partial charge in [-0.3, -0.25) is 19.3 Å².